The minimum Gasteiger partial charge on any atom is -0.488 e. The number of hydrogen-bond acceptors (Lipinski definition) is 2. The Balaban J connectivity index is 0.000000982. The molecule has 0 aliphatic rings. The number of benzene rings is 1. The Morgan fingerprint density at radius 2 is 1.56 bits per heavy atom. The molecule has 0 spiro atoms. The number of rotatable bonds is 2. The Morgan fingerprint density at radius 3 is 1.89 bits per heavy atom. The van der Waals surface area contributed by atoms with E-state index in [0.29, 0.717) is 5.41 Å². The van der Waals surface area contributed by atoms with Crippen molar-refractivity contribution >= 4 is 0 Å². The van der Waals surface area contributed by atoms with Gasteiger partial charge in [-0.3, -0.25) is 0 Å². The average molecular weight is 248 g/mol. The average Bonchev–Trinajstić information content (AvgIpc) is 2.18. The van der Waals surface area contributed by atoms with E-state index in [-0.39, 0.29) is 5.60 Å². The fraction of sp³-hybridized carbons (Fsp3) is 0.562. The maximum atomic E-state index is 6.99. The molecule has 0 bridgehead atoms. The van der Waals surface area contributed by atoms with Crippen molar-refractivity contribution in [1.29, 1.82) is 5.26 Å². The van der Waals surface area contributed by atoms with Crippen LogP contribution in [-0.2, 0) is 6.42 Å². The van der Waals surface area contributed by atoms with E-state index in [1.807, 2.05) is 0 Å². The third kappa shape index (κ3) is 7.73. The molecule has 0 unspecified atom stereocenters. The minimum absolute atomic E-state index is 0.120. The SMILES string of the molecule is CC(C)(C)Cc1ccc(OC(C)(C)C)cc1.[2H]C#N. The second-order valence-corrected chi connectivity index (χ2v) is 6.60. The predicted molar refractivity (Wildman–Crippen MR) is 76.7 cm³/mol. The zero-order valence-electron chi connectivity index (χ0n) is 13.4. The predicted octanol–water partition coefficient (Wildman–Crippen LogP) is 4.59. The van der Waals surface area contributed by atoms with Crippen LogP contribution in [0, 0.1) is 17.2 Å². The lowest BCUT2D eigenvalue weighted by molar-refractivity contribution is 0.131. The maximum absolute atomic E-state index is 6.99. The van der Waals surface area contributed by atoms with E-state index in [1.54, 1.807) is 0 Å². The quantitative estimate of drug-likeness (QED) is 0.766. The van der Waals surface area contributed by atoms with Crippen LogP contribution in [0.1, 0.15) is 48.5 Å². The number of nitriles is 1. The molecular formula is C16H25NO. The largest absolute Gasteiger partial charge is 0.488 e. The van der Waals surface area contributed by atoms with E-state index in [0.717, 1.165) is 18.7 Å². The van der Waals surface area contributed by atoms with Crippen molar-refractivity contribution in [2.75, 3.05) is 0 Å². The Kier molecular flexibility index (Phi) is 5.22. The third-order valence-electron chi connectivity index (χ3n) is 2.08. The number of ether oxygens (including phenoxy) is 1. The fourth-order valence-corrected chi connectivity index (χ4v) is 1.64. The highest BCUT2D eigenvalue weighted by atomic mass is 16.5. The third-order valence-corrected chi connectivity index (χ3v) is 2.08. The zero-order valence-corrected chi connectivity index (χ0v) is 12.4. The molecule has 18 heavy (non-hydrogen) atoms. The van der Waals surface area contributed by atoms with E-state index >= 15 is 0 Å². The molecule has 0 atom stereocenters. The molecule has 0 heterocycles. The van der Waals surface area contributed by atoms with Crippen molar-refractivity contribution in [2.45, 2.75) is 53.6 Å². The summed E-state index contributed by atoms with van der Waals surface area (Å²) in [5.74, 6) is 0.949. The van der Waals surface area contributed by atoms with Gasteiger partial charge in [-0.1, -0.05) is 32.9 Å². The molecule has 0 radical (unpaired) electrons. The van der Waals surface area contributed by atoms with Crippen LogP contribution < -0.4 is 4.74 Å². The van der Waals surface area contributed by atoms with Gasteiger partial charge in [-0.15, -0.1) is 0 Å². The molecule has 100 valence electrons. The van der Waals surface area contributed by atoms with Crippen molar-refractivity contribution in [3.05, 3.63) is 29.8 Å². The Labute approximate surface area is 113 Å². The van der Waals surface area contributed by atoms with Crippen LogP contribution in [0.25, 0.3) is 0 Å². The number of hydrogen-bond donors (Lipinski definition) is 0. The summed E-state index contributed by atoms with van der Waals surface area (Å²) in [7, 11) is 0. The van der Waals surface area contributed by atoms with Gasteiger partial charge >= 0.3 is 0 Å². The van der Waals surface area contributed by atoms with Crippen molar-refractivity contribution in [2.24, 2.45) is 5.41 Å². The first kappa shape index (κ1) is 14.6. The topological polar surface area (TPSA) is 33.0 Å². The molecule has 0 saturated carbocycles. The molecule has 0 aromatic heterocycles. The van der Waals surface area contributed by atoms with Gasteiger partial charge in [0.25, 0.3) is 0 Å². The second kappa shape index (κ2) is 6.44. The minimum atomic E-state index is -0.120. The highest BCUT2D eigenvalue weighted by molar-refractivity contribution is 5.28. The summed E-state index contributed by atoms with van der Waals surface area (Å²) in [4.78, 5) is 0. The first-order valence-corrected chi connectivity index (χ1v) is 6.16. The van der Waals surface area contributed by atoms with E-state index in [1.165, 1.54) is 5.56 Å². The zero-order chi connectivity index (χ0) is 15.1. The molecule has 0 N–H and O–H groups in total. The van der Waals surface area contributed by atoms with Gasteiger partial charge in [-0.2, -0.15) is 0 Å². The van der Waals surface area contributed by atoms with Gasteiger partial charge in [0.15, 0.2) is 1.37 Å². The van der Waals surface area contributed by atoms with Crippen LogP contribution in [0.15, 0.2) is 24.3 Å². The van der Waals surface area contributed by atoms with Crippen LogP contribution >= 0.6 is 0 Å². The standard InChI is InChI=1S/C15H24O.CHN/c1-14(2,3)11-12-7-9-13(10-8-12)16-15(4,5)6;1-2/h7-10H,11H2,1-6H3;1H/i;1D. The molecule has 1 rings (SSSR count). The van der Waals surface area contributed by atoms with Crippen molar-refractivity contribution in [1.82, 2.24) is 0 Å². The van der Waals surface area contributed by atoms with E-state index < -0.39 is 0 Å². The van der Waals surface area contributed by atoms with Crippen LogP contribution in [0.3, 0.4) is 0 Å². The van der Waals surface area contributed by atoms with Gasteiger partial charge in [0.2, 0.25) is 0 Å². The Morgan fingerprint density at radius 1 is 1.11 bits per heavy atom. The summed E-state index contributed by atoms with van der Waals surface area (Å²) in [5.41, 5.74) is 1.59. The molecule has 2 heteroatoms. The van der Waals surface area contributed by atoms with Crippen molar-refractivity contribution < 1.29 is 6.11 Å². The molecule has 0 aliphatic heterocycles. The van der Waals surface area contributed by atoms with Gasteiger partial charge in [-0.25, -0.2) is 5.26 Å². The fourth-order valence-electron chi connectivity index (χ4n) is 1.64. The highest BCUT2D eigenvalue weighted by Gasteiger charge is 2.13. The second-order valence-electron chi connectivity index (χ2n) is 6.60. The Hall–Kier alpha value is -1.49. The summed E-state index contributed by atoms with van der Waals surface area (Å²) in [6.07, 6.45) is 1.10. The molecule has 2 nitrogen and oxygen atoms in total. The lowest BCUT2D eigenvalue weighted by Gasteiger charge is -2.22. The van der Waals surface area contributed by atoms with Crippen molar-refractivity contribution in [3.8, 4) is 12.3 Å². The normalized spacial score (nSPS) is 11.7. The van der Waals surface area contributed by atoms with Gasteiger partial charge in [0, 0.05) is 6.55 Å². The monoisotopic (exact) mass is 248 g/mol. The summed E-state index contributed by atoms with van der Waals surface area (Å²) in [5, 5.41) is 6.99. The summed E-state index contributed by atoms with van der Waals surface area (Å²) in [6, 6.07) is 8.44. The molecule has 1 aromatic rings. The Bertz CT molecular complexity index is 369. The van der Waals surface area contributed by atoms with Crippen LogP contribution in [0.2, 0.25) is 0 Å². The lowest BCUT2D eigenvalue weighted by Crippen LogP contribution is -2.22. The summed E-state index contributed by atoms with van der Waals surface area (Å²) < 4.78 is 11.3. The molecule has 0 fully saturated rings. The van der Waals surface area contributed by atoms with E-state index in [4.69, 9.17) is 11.4 Å². The van der Waals surface area contributed by atoms with E-state index in [2.05, 4.69) is 65.8 Å². The molecular weight excluding hydrogens is 222 g/mol. The summed E-state index contributed by atoms with van der Waals surface area (Å²) >= 11 is 0. The van der Waals surface area contributed by atoms with Gasteiger partial charge in [0.1, 0.15) is 11.4 Å². The van der Waals surface area contributed by atoms with Gasteiger partial charge < -0.3 is 4.74 Å². The first-order valence-electron chi connectivity index (χ1n) is 6.66. The van der Waals surface area contributed by atoms with Crippen LogP contribution in [-0.4, -0.2) is 5.60 Å². The first-order chi connectivity index (χ1) is 8.57. The molecule has 1 aromatic carbocycles. The molecule has 0 saturated heterocycles. The van der Waals surface area contributed by atoms with Gasteiger partial charge in [-0.05, 0) is 50.3 Å². The van der Waals surface area contributed by atoms with E-state index in [9.17, 15) is 0 Å². The van der Waals surface area contributed by atoms with Gasteiger partial charge in [0.05, 0.1) is 0 Å². The maximum Gasteiger partial charge on any atom is 0.156 e. The number of nitrogens with zero attached hydrogens (tertiary/aromatic N) is 1. The summed E-state index contributed by atoms with van der Waals surface area (Å²) in [6.45, 7) is 14.0. The van der Waals surface area contributed by atoms with Crippen LogP contribution in [0.5, 0.6) is 5.75 Å². The van der Waals surface area contributed by atoms with Crippen LogP contribution in [0.4, 0.5) is 0 Å². The van der Waals surface area contributed by atoms with Crippen molar-refractivity contribution in [3.63, 3.8) is 0 Å². The molecule has 0 amide bonds. The molecule has 0 aliphatic carbocycles. The lowest BCUT2D eigenvalue weighted by atomic mass is 9.88. The smallest absolute Gasteiger partial charge is 0.156 e. The highest BCUT2D eigenvalue weighted by Crippen LogP contribution is 2.23.